The summed E-state index contributed by atoms with van der Waals surface area (Å²) in [7, 11) is -1.25. The van der Waals surface area contributed by atoms with E-state index in [1.165, 1.54) is 37.3 Å². The van der Waals surface area contributed by atoms with Crippen molar-refractivity contribution in [3.05, 3.63) is 84.4 Å². The molecule has 214 valence electrons. The molecule has 0 bridgehead atoms. The SMILES string of the molecule is CC[C@@H](C)NC(=O)[C@@H](C)N(Cc1ccccc1)C(=O)CN(c1ccc(OC)c(OC)c1)S(=O)(=O)c1ccccc1. The highest BCUT2D eigenvalue weighted by molar-refractivity contribution is 7.92. The molecular formula is C30H37N3O6S. The summed E-state index contributed by atoms with van der Waals surface area (Å²) in [5.41, 5.74) is 1.02. The molecule has 0 spiro atoms. The van der Waals surface area contributed by atoms with Crippen LogP contribution in [0.2, 0.25) is 0 Å². The van der Waals surface area contributed by atoms with E-state index in [1.807, 2.05) is 44.2 Å². The minimum atomic E-state index is -4.18. The van der Waals surface area contributed by atoms with Gasteiger partial charge in [0, 0.05) is 18.7 Å². The van der Waals surface area contributed by atoms with Crippen molar-refractivity contribution in [3.63, 3.8) is 0 Å². The highest BCUT2D eigenvalue weighted by Gasteiger charge is 2.33. The Morgan fingerprint density at radius 1 is 0.875 bits per heavy atom. The summed E-state index contributed by atoms with van der Waals surface area (Å²) in [4.78, 5) is 28.5. The summed E-state index contributed by atoms with van der Waals surface area (Å²) < 4.78 is 39.5. The van der Waals surface area contributed by atoms with Crippen LogP contribution in [-0.4, -0.2) is 58.0 Å². The maximum atomic E-state index is 14.0. The first kappa shape index (κ1) is 30.5. The number of carbonyl (C=O) groups is 2. The number of hydrogen-bond donors (Lipinski definition) is 1. The quantitative estimate of drug-likeness (QED) is 0.332. The van der Waals surface area contributed by atoms with Crippen LogP contribution >= 0.6 is 0 Å². The lowest BCUT2D eigenvalue weighted by atomic mass is 10.1. The number of methoxy groups -OCH3 is 2. The van der Waals surface area contributed by atoms with Crippen LogP contribution in [-0.2, 0) is 26.2 Å². The summed E-state index contributed by atoms with van der Waals surface area (Å²) in [5.74, 6) is -0.133. The maximum absolute atomic E-state index is 14.0. The van der Waals surface area contributed by atoms with E-state index in [9.17, 15) is 18.0 Å². The maximum Gasteiger partial charge on any atom is 0.264 e. The average molecular weight is 568 g/mol. The van der Waals surface area contributed by atoms with E-state index in [2.05, 4.69) is 5.32 Å². The lowest BCUT2D eigenvalue weighted by molar-refractivity contribution is -0.139. The van der Waals surface area contributed by atoms with Crippen LogP contribution < -0.4 is 19.1 Å². The number of ether oxygens (including phenoxy) is 2. The molecule has 0 radical (unpaired) electrons. The van der Waals surface area contributed by atoms with Crippen molar-refractivity contribution < 1.29 is 27.5 Å². The lowest BCUT2D eigenvalue weighted by Gasteiger charge is -2.32. The van der Waals surface area contributed by atoms with E-state index in [0.717, 1.165) is 16.3 Å². The zero-order chi connectivity index (χ0) is 29.3. The molecule has 3 rings (SSSR count). The predicted octanol–water partition coefficient (Wildman–Crippen LogP) is 4.23. The second-order valence-corrected chi connectivity index (χ2v) is 11.2. The van der Waals surface area contributed by atoms with Gasteiger partial charge in [0.1, 0.15) is 12.6 Å². The molecule has 40 heavy (non-hydrogen) atoms. The first-order valence-electron chi connectivity index (χ1n) is 13.1. The fourth-order valence-corrected chi connectivity index (χ4v) is 5.48. The van der Waals surface area contributed by atoms with Crippen LogP contribution in [0, 0.1) is 0 Å². The number of carbonyl (C=O) groups excluding carboxylic acids is 2. The molecule has 2 amide bonds. The molecule has 3 aromatic rings. The number of anilines is 1. The standard InChI is InChI=1S/C30H37N3O6S/c1-6-22(2)31-30(35)23(3)32(20-24-13-9-7-10-14-24)29(34)21-33(40(36,37)26-15-11-8-12-16-26)25-17-18-27(38-4)28(19-25)39-5/h7-19,22-23H,6,20-21H2,1-5H3,(H,31,35)/t22-,23-/m1/s1. The Labute approximate surface area is 236 Å². The highest BCUT2D eigenvalue weighted by atomic mass is 32.2. The van der Waals surface area contributed by atoms with Crippen LogP contribution in [0.5, 0.6) is 11.5 Å². The Kier molecular flexibility index (Phi) is 10.6. The van der Waals surface area contributed by atoms with E-state index >= 15 is 0 Å². The topological polar surface area (TPSA) is 105 Å². The van der Waals surface area contributed by atoms with E-state index in [4.69, 9.17) is 9.47 Å². The average Bonchev–Trinajstić information content (AvgIpc) is 2.98. The van der Waals surface area contributed by atoms with Crippen LogP contribution in [0.3, 0.4) is 0 Å². The Hall–Kier alpha value is -4.05. The zero-order valence-electron chi connectivity index (χ0n) is 23.5. The largest absolute Gasteiger partial charge is 0.493 e. The number of amides is 2. The molecule has 0 unspecified atom stereocenters. The molecule has 0 heterocycles. The zero-order valence-corrected chi connectivity index (χ0v) is 24.4. The molecule has 0 aliphatic rings. The van der Waals surface area contributed by atoms with Crippen LogP contribution in [0.4, 0.5) is 5.69 Å². The molecule has 0 aliphatic heterocycles. The molecule has 3 aromatic carbocycles. The molecule has 9 nitrogen and oxygen atoms in total. The van der Waals surface area contributed by atoms with Gasteiger partial charge in [0.05, 0.1) is 24.8 Å². The molecule has 0 saturated carbocycles. The van der Waals surface area contributed by atoms with Crippen molar-refractivity contribution in [1.29, 1.82) is 0 Å². The van der Waals surface area contributed by atoms with Crippen molar-refractivity contribution >= 4 is 27.5 Å². The predicted molar refractivity (Wildman–Crippen MR) is 155 cm³/mol. The van der Waals surface area contributed by atoms with Gasteiger partial charge in [-0.2, -0.15) is 0 Å². The van der Waals surface area contributed by atoms with Crippen molar-refractivity contribution in [3.8, 4) is 11.5 Å². The fraction of sp³-hybridized carbons (Fsp3) is 0.333. The summed E-state index contributed by atoms with van der Waals surface area (Å²) in [6, 6.07) is 20.8. The first-order valence-corrected chi connectivity index (χ1v) is 14.5. The number of sulfonamides is 1. The highest BCUT2D eigenvalue weighted by Crippen LogP contribution is 2.34. The van der Waals surface area contributed by atoms with Crippen LogP contribution in [0.1, 0.15) is 32.8 Å². The van der Waals surface area contributed by atoms with Crippen molar-refractivity contribution in [2.75, 3.05) is 25.1 Å². The fourth-order valence-electron chi connectivity index (χ4n) is 4.06. The van der Waals surface area contributed by atoms with Gasteiger partial charge in [0.25, 0.3) is 10.0 Å². The van der Waals surface area contributed by atoms with Crippen LogP contribution in [0.15, 0.2) is 83.8 Å². The van der Waals surface area contributed by atoms with Crippen molar-refractivity contribution in [1.82, 2.24) is 10.2 Å². The first-order chi connectivity index (χ1) is 19.1. The summed E-state index contributed by atoms with van der Waals surface area (Å²) in [5, 5.41) is 2.92. The van der Waals surface area contributed by atoms with Crippen LogP contribution in [0.25, 0.3) is 0 Å². The van der Waals surface area contributed by atoms with Gasteiger partial charge in [-0.15, -0.1) is 0 Å². The molecular weight excluding hydrogens is 530 g/mol. The Bertz CT molecular complexity index is 1380. The molecule has 0 saturated heterocycles. The monoisotopic (exact) mass is 567 g/mol. The number of nitrogens with zero attached hydrogens (tertiary/aromatic N) is 2. The molecule has 1 N–H and O–H groups in total. The Morgan fingerprint density at radius 3 is 2.05 bits per heavy atom. The summed E-state index contributed by atoms with van der Waals surface area (Å²) >= 11 is 0. The van der Waals surface area contributed by atoms with Crippen molar-refractivity contribution in [2.45, 2.75) is 50.7 Å². The van der Waals surface area contributed by atoms with E-state index in [-0.39, 0.29) is 29.1 Å². The summed E-state index contributed by atoms with van der Waals surface area (Å²) in [6.07, 6.45) is 0.730. The molecule has 10 heteroatoms. The molecule has 2 atom stereocenters. The van der Waals surface area contributed by atoms with Gasteiger partial charge in [0.15, 0.2) is 11.5 Å². The van der Waals surface area contributed by atoms with Gasteiger partial charge in [-0.25, -0.2) is 8.42 Å². The van der Waals surface area contributed by atoms with Gasteiger partial charge in [0.2, 0.25) is 11.8 Å². The Balaban J connectivity index is 2.06. The van der Waals surface area contributed by atoms with Gasteiger partial charge in [-0.1, -0.05) is 55.5 Å². The molecule has 0 fully saturated rings. The third-order valence-electron chi connectivity index (χ3n) is 6.63. The third-order valence-corrected chi connectivity index (χ3v) is 8.42. The molecule has 0 aliphatic carbocycles. The normalized spacial score (nSPS) is 12.6. The number of nitrogens with one attached hydrogen (secondary N) is 1. The lowest BCUT2D eigenvalue weighted by Crippen LogP contribution is -2.52. The third kappa shape index (κ3) is 7.32. The van der Waals surface area contributed by atoms with Gasteiger partial charge in [-0.05, 0) is 50.1 Å². The number of benzene rings is 3. The smallest absolute Gasteiger partial charge is 0.264 e. The second kappa shape index (κ2) is 13.8. The van der Waals surface area contributed by atoms with Gasteiger partial charge < -0.3 is 19.7 Å². The number of hydrogen-bond acceptors (Lipinski definition) is 6. The van der Waals surface area contributed by atoms with E-state index in [0.29, 0.717) is 11.5 Å². The second-order valence-electron chi connectivity index (χ2n) is 9.37. The van der Waals surface area contributed by atoms with Gasteiger partial charge >= 0.3 is 0 Å². The number of rotatable bonds is 13. The summed E-state index contributed by atoms with van der Waals surface area (Å²) in [6.45, 7) is 5.07. The molecule has 0 aromatic heterocycles. The van der Waals surface area contributed by atoms with Gasteiger partial charge in [-0.3, -0.25) is 13.9 Å². The van der Waals surface area contributed by atoms with Crippen molar-refractivity contribution in [2.24, 2.45) is 0 Å². The van der Waals surface area contributed by atoms with E-state index < -0.39 is 28.5 Å². The minimum absolute atomic E-state index is 0.0229. The van der Waals surface area contributed by atoms with E-state index in [1.54, 1.807) is 37.3 Å². The Morgan fingerprint density at radius 2 is 1.48 bits per heavy atom. The minimum Gasteiger partial charge on any atom is -0.493 e.